The molecule has 0 bridgehead atoms. The van der Waals surface area contributed by atoms with Crippen LogP contribution < -0.4 is 15.4 Å². The maximum Gasteiger partial charge on any atom is 0.224 e. The molecular formula is C17H27ClN2O3. The number of hydrogen-bond acceptors (Lipinski definition) is 4. The van der Waals surface area contributed by atoms with Gasteiger partial charge in [-0.3, -0.25) is 4.79 Å². The van der Waals surface area contributed by atoms with Crippen LogP contribution in [0.25, 0.3) is 0 Å². The number of halogens is 1. The molecule has 1 heterocycles. The molecule has 130 valence electrons. The van der Waals surface area contributed by atoms with Gasteiger partial charge in [-0.15, -0.1) is 12.4 Å². The van der Waals surface area contributed by atoms with E-state index in [1.165, 1.54) is 6.42 Å². The van der Waals surface area contributed by atoms with E-state index < -0.39 is 0 Å². The van der Waals surface area contributed by atoms with Crippen molar-refractivity contribution in [3.63, 3.8) is 0 Å². The number of rotatable bonds is 9. The van der Waals surface area contributed by atoms with Crippen LogP contribution in [-0.4, -0.2) is 39.3 Å². The van der Waals surface area contributed by atoms with E-state index in [0.717, 1.165) is 37.4 Å². The first kappa shape index (κ1) is 19.7. The average molecular weight is 343 g/mol. The summed E-state index contributed by atoms with van der Waals surface area (Å²) in [6.07, 6.45) is 3.55. The molecule has 1 amide bonds. The number of ether oxygens (including phenoxy) is 2. The van der Waals surface area contributed by atoms with E-state index in [0.29, 0.717) is 25.6 Å². The summed E-state index contributed by atoms with van der Waals surface area (Å²) in [5.74, 6) is 1.48. The topological polar surface area (TPSA) is 59.6 Å². The van der Waals surface area contributed by atoms with Crippen molar-refractivity contribution in [2.24, 2.45) is 5.92 Å². The fourth-order valence-corrected chi connectivity index (χ4v) is 2.58. The lowest BCUT2D eigenvalue weighted by molar-refractivity contribution is -0.116. The number of carbonyl (C=O) groups excluding carboxylic acids is 1. The maximum absolute atomic E-state index is 12.0. The second-order valence-electron chi connectivity index (χ2n) is 5.67. The van der Waals surface area contributed by atoms with Crippen LogP contribution in [0.4, 0.5) is 5.69 Å². The van der Waals surface area contributed by atoms with Gasteiger partial charge in [0.2, 0.25) is 5.91 Å². The van der Waals surface area contributed by atoms with Crippen LogP contribution in [0.5, 0.6) is 5.75 Å². The number of amides is 1. The summed E-state index contributed by atoms with van der Waals surface area (Å²) in [4.78, 5) is 12.0. The summed E-state index contributed by atoms with van der Waals surface area (Å²) in [5, 5.41) is 6.27. The largest absolute Gasteiger partial charge is 0.493 e. The highest BCUT2D eigenvalue weighted by atomic mass is 35.5. The summed E-state index contributed by atoms with van der Waals surface area (Å²) in [5.41, 5.74) is 0.791. The fourth-order valence-electron chi connectivity index (χ4n) is 2.58. The van der Waals surface area contributed by atoms with Crippen LogP contribution in [0.1, 0.15) is 25.7 Å². The minimum Gasteiger partial charge on any atom is -0.493 e. The molecule has 5 nitrogen and oxygen atoms in total. The Kier molecular flexibility index (Phi) is 9.67. The van der Waals surface area contributed by atoms with Gasteiger partial charge in [0.05, 0.1) is 6.61 Å². The van der Waals surface area contributed by atoms with E-state index >= 15 is 0 Å². The molecule has 1 atom stereocenters. The van der Waals surface area contributed by atoms with Crippen molar-refractivity contribution in [3.8, 4) is 5.75 Å². The monoisotopic (exact) mass is 342 g/mol. The lowest BCUT2D eigenvalue weighted by Crippen LogP contribution is -2.15. The Morgan fingerprint density at radius 2 is 2.26 bits per heavy atom. The Hall–Kier alpha value is -1.30. The second kappa shape index (κ2) is 11.3. The Morgan fingerprint density at radius 1 is 1.39 bits per heavy atom. The Balaban J connectivity index is 0.00000264. The molecule has 1 aromatic rings. The summed E-state index contributed by atoms with van der Waals surface area (Å²) in [7, 11) is 1.68. The van der Waals surface area contributed by atoms with Crippen molar-refractivity contribution in [1.82, 2.24) is 5.32 Å². The molecule has 0 saturated carbocycles. The van der Waals surface area contributed by atoms with Gasteiger partial charge in [-0.25, -0.2) is 0 Å². The van der Waals surface area contributed by atoms with Gasteiger partial charge in [0.25, 0.3) is 0 Å². The molecule has 0 radical (unpaired) electrons. The lowest BCUT2D eigenvalue weighted by Gasteiger charge is -2.10. The first-order valence-electron chi connectivity index (χ1n) is 8.00. The minimum absolute atomic E-state index is 0. The first-order chi connectivity index (χ1) is 10.8. The third-order valence-corrected chi connectivity index (χ3v) is 3.82. The molecule has 1 aliphatic rings. The van der Waals surface area contributed by atoms with Gasteiger partial charge in [-0.2, -0.15) is 0 Å². The van der Waals surface area contributed by atoms with E-state index in [1.54, 1.807) is 7.11 Å². The molecule has 23 heavy (non-hydrogen) atoms. The number of hydrogen-bond donors (Lipinski definition) is 2. The highest BCUT2D eigenvalue weighted by molar-refractivity contribution is 5.90. The van der Waals surface area contributed by atoms with Crippen molar-refractivity contribution in [2.45, 2.75) is 25.7 Å². The van der Waals surface area contributed by atoms with Gasteiger partial charge in [0, 0.05) is 38.3 Å². The molecule has 1 fully saturated rings. The molecule has 0 aliphatic carbocycles. The predicted molar refractivity (Wildman–Crippen MR) is 94.5 cm³/mol. The Morgan fingerprint density at radius 3 is 3.00 bits per heavy atom. The summed E-state index contributed by atoms with van der Waals surface area (Å²) in [6, 6.07) is 7.54. The predicted octanol–water partition coefficient (Wildman–Crippen LogP) is 2.85. The van der Waals surface area contributed by atoms with Crippen LogP contribution in [0, 0.1) is 5.92 Å². The van der Waals surface area contributed by atoms with Gasteiger partial charge >= 0.3 is 0 Å². The van der Waals surface area contributed by atoms with Gasteiger partial charge in [0.15, 0.2) is 0 Å². The minimum atomic E-state index is 0. The highest BCUT2D eigenvalue weighted by Crippen LogP contribution is 2.19. The highest BCUT2D eigenvalue weighted by Gasteiger charge is 2.15. The molecule has 0 aromatic heterocycles. The van der Waals surface area contributed by atoms with Gasteiger partial charge in [0.1, 0.15) is 5.75 Å². The lowest BCUT2D eigenvalue weighted by atomic mass is 10.0. The van der Waals surface area contributed by atoms with E-state index in [2.05, 4.69) is 10.6 Å². The molecule has 2 rings (SSSR count). The van der Waals surface area contributed by atoms with Crippen LogP contribution in [0.3, 0.4) is 0 Å². The van der Waals surface area contributed by atoms with Crippen molar-refractivity contribution in [2.75, 3.05) is 38.7 Å². The molecule has 2 N–H and O–H groups in total. The smallest absolute Gasteiger partial charge is 0.224 e. The molecular weight excluding hydrogens is 316 g/mol. The summed E-state index contributed by atoms with van der Waals surface area (Å²) < 4.78 is 10.6. The third-order valence-electron chi connectivity index (χ3n) is 3.82. The van der Waals surface area contributed by atoms with Crippen molar-refractivity contribution >= 4 is 24.0 Å². The van der Waals surface area contributed by atoms with Crippen LogP contribution >= 0.6 is 12.4 Å². The molecule has 0 spiro atoms. The number of carbonyl (C=O) groups is 1. The normalized spacial score (nSPS) is 16.7. The zero-order valence-corrected chi connectivity index (χ0v) is 14.5. The number of anilines is 1. The number of nitrogens with one attached hydrogen (secondary N) is 2. The Labute approximate surface area is 144 Å². The number of benzene rings is 1. The molecule has 1 unspecified atom stereocenters. The van der Waals surface area contributed by atoms with Crippen LogP contribution in [-0.2, 0) is 9.53 Å². The van der Waals surface area contributed by atoms with Gasteiger partial charge < -0.3 is 20.1 Å². The second-order valence-corrected chi connectivity index (χ2v) is 5.67. The Bertz CT molecular complexity index is 465. The molecule has 1 aromatic carbocycles. The van der Waals surface area contributed by atoms with Crippen LogP contribution in [0.15, 0.2) is 24.3 Å². The van der Waals surface area contributed by atoms with Crippen LogP contribution in [0.2, 0.25) is 0 Å². The maximum atomic E-state index is 12.0. The van der Waals surface area contributed by atoms with E-state index in [-0.39, 0.29) is 18.3 Å². The average Bonchev–Trinajstić information content (AvgIpc) is 3.03. The van der Waals surface area contributed by atoms with E-state index in [1.807, 2.05) is 24.3 Å². The standard InChI is InChI=1S/C17H26N2O3.ClH/c1-21-10-3-11-22-16-5-2-4-15(12-16)19-17(20)7-6-14-8-9-18-13-14;/h2,4-5,12,14,18H,3,6-11,13H2,1H3,(H,19,20);1H. The first-order valence-corrected chi connectivity index (χ1v) is 8.00. The van der Waals surface area contributed by atoms with E-state index in [9.17, 15) is 4.79 Å². The van der Waals surface area contributed by atoms with Gasteiger partial charge in [-0.05, 0) is 44.0 Å². The zero-order chi connectivity index (χ0) is 15.6. The van der Waals surface area contributed by atoms with E-state index in [4.69, 9.17) is 9.47 Å². The third kappa shape index (κ3) is 7.68. The van der Waals surface area contributed by atoms with Crippen molar-refractivity contribution in [3.05, 3.63) is 24.3 Å². The quantitative estimate of drug-likeness (QED) is 0.677. The van der Waals surface area contributed by atoms with Gasteiger partial charge in [-0.1, -0.05) is 6.07 Å². The van der Waals surface area contributed by atoms with Crippen molar-refractivity contribution < 1.29 is 14.3 Å². The molecule has 1 saturated heterocycles. The SMILES string of the molecule is COCCCOc1cccc(NC(=O)CCC2CCNC2)c1.Cl. The van der Waals surface area contributed by atoms with Crippen molar-refractivity contribution in [1.29, 1.82) is 0 Å². The number of methoxy groups -OCH3 is 1. The molecule has 6 heteroatoms. The summed E-state index contributed by atoms with van der Waals surface area (Å²) >= 11 is 0. The molecule has 1 aliphatic heterocycles. The summed E-state index contributed by atoms with van der Waals surface area (Å²) in [6.45, 7) is 3.42. The fraction of sp³-hybridized carbons (Fsp3) is 0.588. The zero-order valence-electron chi connectivity index (χ0n) is 13.7.